The maximum Gasteiger partial charge on any atom is 0.511 e. The number of anilines is 1. The van der Waals surface area contributed by atoms with Crippen LogP contribution in [-0.4, -0.2) is 42.3 Å². The summed E-state index contributed by atoms with van der Waals surface area (Å²) in [6.07, 6.45) is -4.36. The van der Waals surface area contributed by atoms with E-state index in [9.17, 15) is 39.6 Å². The second-order valence-electron chi connectivity index (χ2n) is 10.2. The van der Waals surface area contributed by atoms with Crippen molar-refractivity contribution >= 4 is 38.2 Å². The molecule has 1 unspecified atom stereocenters. The SMILES string of the molecule is O=c1cc(NC2CCN(S(=O)(=O)C(F)(F)F)CC2)c2cc(C(c3ccc(Cl)cc3)c3ccc(C(F)(F)F)cc3)ccc2[nH]1. The summed E-state index contributed by atoms with van der Waals surface area (Å²) in [6.45, 7) is -0.698. The molecular weight excluding hydrogens is 620 g/mol. The molecule has 14 heteroatoms. The lowest BCUT2D eigenvalue weighted by Crippen LogP contribution is -2.47. The number of nitrogens with zero attached hydrogens (tertiary/aromatic N) is 1. The molecule has 0 aliphatic carbocycles. The number of halogens is 7. The van der Waals surface area contributed by atoms with E-state index in [2.05, 4.69) is 10.3 Å². The highest BCUT2D eigenvalue weighted by Crippen LogP contribution is 2.37. The molecule has 1 atom stereocenters. The molecule has 2 heterocycles. The number of sulfonamides is 1. The van der Waals surface area contributed by atoms with E-state index in [-0.39, 0.29) is 25.9 Å². The Kier molecular flexibility index (Phi) is 8.27. The number of nitrogens with one attached hydrogen (secondary N) is 2. The number of H-pyrrole nitrogens is 1. The van der Waals surface area contributed by atoms with Crippen molar-refractivity contribution in [2.75, 3.05) is 18.4 Å². The van der Waals surface area contributed by atoms with E-state index < -0.39 is 44.8 Å². The summed E-state index contributed by atoms with van der Waals surface area (Å²) in [7, 11) is -5.44. The summed E-state index contributed by atoms with van der Waals surface area (Å²) in [6, 6.07) is 17.8. The van der Waals surface area contributed by atoms with E-state index in [4.69, 9.17) is 11.6 Å². The Bertz CT molecular complexity index is 1780. The fraction of sp³-hybridized carbons (Fsp3) is 0.276. The van der Waals surface area contributed by atoms with Crippen LogP contribution in [-0.2, 0) is 16.2 Å². The molecule has 4 aromatic rings. The van der Waals surface area contributed by atoms with Gasteiger partial charge in [-0.1, -0.05) is 41.9 Å². The summed E-state index contributed by atoms with van der Waals surface area (Å²) in [5.74, 6) is -0.514. The highest BCUT2D eigenvalue weighted by molar-refractivity contribution is 7.90. The van der Waals surface area contributed by atoms with Crippen LogP contribution < -0.4 is 10.9 Å². The first-order chi connectivity index (χ1) is 20.1. The molecule has 0 amide bonds. The summed E-state index contributed by atoms with van der Waals surface area (Å²) in [5, 5.41) is 4.23. The smallest absolute Gasteiger partial charge is 0.382 e. The Morgan fingerprint density at radius 2 is 1.40 bits per heavy atom. The van der Waals surface area contributed by atoms with Crippen LogP contribution in [0.25, 0.3) is 10.9 Å². The third-order valence-electron chi connectivity index (χ3n) is 7.42. The number of alkyl halides is 6. The molecule has 6 nitrogen and oxygen atoms in total. The first-order valence-corrected chi connectivity index (χ1v) is 14.9. The summed E-state index contributed by atoms with van der Waals surface area (Å²) >= 11 is 6.08. The van der Waals surface area contributed by atoms with Crippen molar-refractivity contribution in [3.63, 3.8) is 0 Å². The van der Waals surface area contributed by atoms with Crippen LogP contribution in [0.4, 0.5) is 32.0 Å². The van der Waals surface area contributed by atoms with Gasteiger partial charge in [-0.2, -0.15) is 30.6 Å². The number of fused-ring (bicyclic) bond motifs is 1. The van der Waals surface area contributed by atoms with Gasteiger partial charge in [-0.3, -0.25) is 4.79 Å². The van der Waals surface area contributed by atoms with Gasteiger partial charge in [-0.25, -0.2) is 8.42 Å². The molecule has 0 radical (unpaired) electrons. The molecular formula is C29H24ClF6N3O3S. The van der Waals surface area contributed by atoms with Crippen LogP contribution >= 0.6 is 11.6 Å². The molecule has 2 N–H and O–H groups in total. The highest BCUT2D eigenvalue weighted by atomic mass is 35.5. The van der Waals surface area contributed by atoms with Gasteiger partial charge >= 0.3 is 21.7 Å². The van der Waals surface area contributed by atoms with Crippen molar-refractivity contribution in [1.29, 1.82) is 0 Å². The van der Waals surface area contributed by atoms with E-state index in [1.54, 1.807) is 42.5 Å². The monoisotopic (exact) mass is 643 g/mol. The largest absolute Gasteiger partial charge is 0.511 e. The molecule has 228 valence electrons. The second kappa shape index (κ2) is 11.5. The Hall–Kier alpha value is -3.55. The lowest BCUT2D eigenvalue weighted by molar-refractivity contribution is -0.137. The number of aromatic nitrogens is 1. The van der Waals surface area contributed by atoms with Crippen molar-refractivity contribution in [3.8, 4) is 0 Å². The zero-order valence-electron chi connectivity index (χ0n) is 22.1. The van der Waals surface area contributed by atoms with Gasteiger partial charge in [0.05, 0.1) is 11.1 Å². The topological polar surface area (TPSA) is 82.3 Å². The zero-order chi connectivity index (χ0) is 31.2. The van der Waals surface area contributed by atoms with Crippen LogP contribution in [0.1, 0.15) is 41.0 Å². The van der Waals surface area contributed by atoms with Gasteiger partial charge in [0.15, 0.2) is 0 Å². The number of hydrogen-bond donors (Lipinski definition) is 2. The predicted molar refractivity (Wildman–Crippen MR) is 152 cm³/mol. The molecule has 1 saturated heterocycles. The average molecular weight is 644 g/mol. The summed E-state index contributed by atoms with van der Waals surface area (Å²) < 4.78 is 103. The summed E-state index contributed by atoms with van der Waals surface area (Å²) in [5.41, 5.74) is -3.75. The summed E-state index contributed by atoms with van der Waals surface area (Å²) in [4.78, 5) is 15.2. The van der Waals surface area contributed by atoms with Crippen LogP contribution in [0.3, 0.4) is 0 Å². The quantitative estimate of drug-likeness (QED) is 0.173. The van der Waals surface area contributed by atoms with Crippen molar-refractivity contribution < 1.29 is 34.8 Å². The van der Waals surface area contributed by atoms with Crippen LogP contribution in [0, 0.1) is 0 Å². The van der Waals surface area contributed by atoms with Crippen LogP contribution in [0.15, 0.2) is 77.6 Å². The normalized spacial score (nSPS) is 16.3. The van der Waals surface area contributed by atoms with E-state index in [0.29, 0.717) is 37.0 Å². The third-order valence-corrected chi connectivity index (χ3v) is 9.30. The van der Waals surface area contributed by atoms with Gasteiger partial charge in [0.1, 0.15) is 0 Å². The Balaban J connectivity index is 1.50. The van der Waals surface area contributed by atoms with E-state index in [0.717, 1.165) is 17.7 Å². The molecule has 0 bridgehead atoms. The third kappa shape index (κ3) is 6.53. The first kappa shape index (κ1) is 30.9. The Labute approximate surface area is 247 Å². The van der Waals surface area contributed by atoms with Gasteiger partial charge < -0.3 is 10.3 Å². The van der Waals surface area contributed by atoms with Crippen molar-refractivity contribution in [3.05, 3.63) is 110 Å². The van der Waals surface area contributed by atoms with Crippen molar-refractivity contribution in [1.82, 2.24) is 9.29 Å². The highest BCUT2D eigenvalue weighted by Gasteiger charge is 2.50. The molecule has 1 aromatic heterocycles. The van der Waals surface area contributed by atoms with Crippen molar-refractivity contribution in [2.24, 2.45) is 0 Å². The van der Waals surface area contributed by atoms with Gasteiger partial charge in [0.2, 0.25) is 5.56 Å². The van der Waals surface area contributed by atoms with Gasteiger partial charge in [0, 0.05) is 47.2 Å². The minimum atomic E-state index is -5.44. The Morgan fingerprint density at radius 3 is 1.95 bits per heavy atom. The van der Waals surface area contributed by atoms with Crippen LogP contribution in [0.2, 0.25) is 5.02 Å². The number of piperidine rings is 1. The number of hydrogen-bond acceptors (Lipinski definition) is 4. The fourth-order valence-corrected chi connectivity index (χ4v) is 6.38. The minimum Gasteiger partial charge on any atom is -0.382 e. The predicted octanol–water partition coefficient (Wildman–Crippen LogP) is 7.11. The number of benzene rings is 3. The number of aromatic amines is 1. The number of pyridine rings is 1. The van der Waals surface area contributed by atoms with Gasteiger partial charge in [-0.05, 0) is 65.9 Å². The maximum atomic E-state index is 13.3. The molecule has 1 aliphatic rings. The second-order valence-corrected chi connectivity index (χ2v) is 12.6. The lowest BCUT2D eigenvalue weighted by atomic mass is 9.84. The average Bonchev–Trinajstić information content (AvgIpc) is 2.94. The molecule has 43 heavy (non-hydrogen) atoms. The number of rotatable bonds is 6. The first-order valence-electron chi connectivity index (χ1n) is 13.1. The van der Waals surface area contributed by atoms with E-state index in [1.807, 2.05) is 0 Å². The van der Waals surface area contributed by atoms with E-state index in [1.165, 1.54) is 18.2 Å². The van der Waals surface area contributed by atoms with Crippen LogP contribution in [0.5, 0.6) is 0 Å². The molecule has 3 aromatic carbocycles. The Morgan fingerprint density at radius 1 is 0.837 bits per heavy atom. The van der Waals surface area contributed by atoms with Crippen molar-refractivity contribution in [2.45, 2.75) is 36.5 Å². The minimum absolute atomic E-state index is 0.0717. The molecule has 5 rings (SSSR count). The zero-order valence-corrected chi connectivity index (χ0v) is 23.7. The van der Waals surface area contributed by atoms with Gasteiger partial charge in [-0.15, -0.1) is 0 Å². The molecule has 1 fully saturated rings. The standard InChI is InChI=1S/C29H24ClF6N3O3S/c30-21-8-3-18(4-9-21)27(17-1-6-20(7-2-17)28(31,32)33)19-5-10-24-23(15-19)25(16-26(40)38-24)37-22-11-13-39(14-12-22)43(41,42)29(34,35)36/h1-10,15-16,22,27H,11-14H2,(H2,37,38,40). The molecule has 0 saturated carbocycles. The maximum absolute atomic E-state index is 13.3. The molecule has 1 aliphatic heterocycles. The van der Waals surface area contributed by atoms with Gasteiger partial charge in [0.25, 0.3) is 0 Å². The molecule has 0 spiro atoms. The fourth-order valence-electron chi connectivity index (χ4n) is 5.27. The van der Waals surface area contributed by atoms with E-state index >= 15 is 0 Å². The lowest BCUT2D eigenvalue weighted by Gasteiger charge is -2.32.